The standard InChI is InChI=1S/C16H28N2O5S/c1-13(19)18-10-14(11-23-2)16(12-18)5-7-17(8-6-16)15(20)4-9-24(3,21)22/h14H,4-12H2,1-3H3/t14-/m0/s1. The lowest BCUT2D eigenvalue weighted by atomic mass is 9.71. The van der Waals surface area contributed by atoms with Crippen molar-refractivity contribution in [3.63, 3.8) is 0 Å². The summed E-state index contributed by atoms with van der Waals surface area (Å²) in [6.45, 7) is 4.88. The Morgan fingerprint density at radius 2 is 1.83 bits per heavy atom. The number of rotatable bonds is 5. The van der Waals surface area contributed by atoms with Crippen molar-refractivity contribution in [3.05, 3.63) is 0 Å². The number of carbonyl (C=O) groups is 2. The van der Waals surface area contributed by atoms with Crippen LogP contribution in [0.3, 0.4) is 0 Å². The summed E-state index contributed by atoms with van der Waals surface area (Å²) in [4.78, 5) is 27.6. The van der Waals surface area contributed by atoms with Crippen LogP contribution in [0.1, 0.15) is 26.2 Å². The molecular weight excluding hydrogens is 332 g/mol. The van der Waals surface area contributed by atoms with Gasteiger partial charge in [0.2, 0.25) is 11.8 Å². The zero-order chi connectivity index (χ0) is 18.0. The van der Waals surface area contributed by atoms with Gasteiger partial charge in [0.1, 0.15) is 9.84 Å². The molecular formula is C16H28N2O5S. The van der Waals surface area contributed by atoms with Gasteiger partial charge in [0.05, 0.1) is 12.4 Å². The molecule has 0 saturated carbocycles. The highest BCUT2D eigenvalue weighted by molar-refractivity contribution is 7.90. The van der Waals surface area contributed by atoms with Crippen molar-refractivity contribution in [3.8, 4) is 0 Å². The lowest BCUT2D eigenvalue weighted by Crippen LogP contribution is -2.47. The number of ether oxygens (including phenoxy) is 1. The molecule has 2 aliphatic heterocycles. The van der Waals surface area contributed by atoms with E-state index in [-0.39, 0.29) is 29.4 Å². The van der Waals surface area contributed by atoms with Crippen molar-refractivity contribution in [1.82, 2.24) is 9.80 Å². The molecule has 2 rings (SSSR count). The Morgan fingerprint density at radius 3 is 2.33 bits per heavy atom. The fourth-order valence-corrected chi connectivity index (χ4v) is 4.45. The predicted molar refractivity (Wildman–Crippen MR) is 90.2 cm³/mol. The van der Waals surface area contributed by atoms with Crippen molar-refractivity contribution < 1.29 is 22.7 Å². The van der Waals surface area contributed by atoms with E-state index in [1.165, 1.54) is 0 Å². The maximum absolute atomic E-state index is 12.2. The van der Waals surface area contributed by atoms with E-state index in [0.717, 1.165) is 25.6 Å². The highest BCUT2D eigenvalue weighted by Crippen LogP contribution is 2.44. The summed E-state index contributed by atoms with van der Waals surface area (Å²) < 4.78 is 27.8. The highest BCUT2D eigenvalue weighted by atomic mass is 32.2. The summed E-state index contributed by atoms with van der Waals surface area (Å²) in [5.41, 5.74) is 0.00922. The molecule has 2 fully saturated rings. The molecule has 138 valence electrons. The van der Waals surface area contributed by atoms with Crippen LogP contribution in [0.25, 0.3) is 0 Å². The van der Waals surface area contributed by atoms with E-state index in [1.54, 1.807) is 18.9 Å². The first-order valence-corrected chi connectivity index (χ1v) is 10.4. The minimum absolute atomic E-state index is 0.00922. The van der Waals surface area contributed by atoms with Crippen molar-refractivity contribution in [1.29, 1.82) is 0 Å². The molecule has 24 heavy (non-hydrogen) atoms. The average Bonchev–Trinajstić information content (AvgIpc) is 2.84. The van der Waals surface area contributed by atoms with E-state index >= 15 is 0 Å². The second kappa shape index (κ2) is 7.39. The van der Waals surface area contributed by atoms with Crippen LogP contribution in [-0.2, 0) is 24.2 Å². The number of carbonyl (C=O) groups excluding carboxylic acids is 2. The third-order valence-corrected chi connectivity index (χ3v) is 6.37. The number of piperidine rings is 1. The van der Waals surface area contributed by atoms with E-state index in [9.17, 15) is 18.0 Å². The van der Waals surface area contributed by atoms with Gasteiger partial charge in [0.25, 0.3) is 0 Å². The first-order valence-electron chi connectivity index (χ1n) is 8.37. The molecule has 0 aliphatic carbocycles. The van der Waals surface area contributed by atoms with Crippen LogP contribution in [0.2, 0.25) is 0 Å². The van der Waals surface area contributed by atoms with Crippen LogP contribution in [0.15, 0.2) is 0 Å². The minimum Gasteiger partial charge on any atom is -0.384 e. The van der Waals surface area contributed by atoms with Gasteiger partial charge in [-0.25, -0.2) is 8.42 Å². The monoisotopic (exact) mass is 360 g/mol. The molecule has 0 aromatic rings. The molecule has 8 heteroatoms. The van der Waals surface area contributed by atoms with E-state index in [0.29, 0.717) is 32.2 Å². The lowest BCUT2D eigenvalue weighted by Gasteiger charge is -2.42. The maximum Gasteiger partial charge on any atom is 0.223 e. The Morgan fingerprint density at radius 1 is 1.21 bits per heavy atom. The quantitative estimate of drug-likeness (QED) is 0.697. The largest absolute Gasteiger partial charge is 0.384 e. The zero-order valence-electron chi connectivity index (χ0n) is 14.8. The number of hydrogen-bond donors (Lipinski definition) is 0. The van der Waals surface area contributed by atoms with Gasteiger partial charge in [-0.1, -0.05) is 0 Å². The first-order chi connectivity index (χ1) is 11.2. The predicted octanol–water partition coefficient (Wildman–Crippen LogP) is 0.155. The molecule has 0 bridgehead atoms. The molecule has 0 N–H and O–H groups in total. The molecule has 0 aromatic heterocycles. The number of nitrogens with zero attached hydrogens (tertiary/aromatic N) is 2. The number of likely N-dealkylation sites (tertiary alicyclic amines) is 2. The van der Waals surface area contributed by atoms with E-state index < -0.39 is 9.84 Å². The fourth-order valence-electron chi connectivity index (χ4n) is 3.90. The summed E-state index contributed by atoms with van der Waals surface area (Å²) in [5, 5.41) is 0. The smallest absolute Gasteiger partial charge is 0.223 e. The normalized spacial score (nSPS) is 23.7. The molecule has 0 aromatic carbocycles. The average molecular weight is 360 g/mol. The molecule has 2 heterocycles. The molecule has 7 nitrogen and oxygen atoms in total. The second-order valence-electron chi connectivity index (χ2n) is 7.17. The number of methoxy groups -OCH3 is 1. The molecule has 0 unspecified atom stereocenters. The number of hydrogen-bond acceptors (Lipinski definition) is 5. The third-order valence-electron chi connectivity index (χ3n) is 5.42. The summed E-state index contributed by atoms with van der Waals surface area (Å²) in [6, 6.07) is 0. The topological polar surface area (TPSA) is 84.0 Å². The minimum atomic E-state index is -3.12. The van der Waals surface area contributed by atoms with Crippen LogP contribution in [0.5, 0.6) is 0 Å². The maximum atomic E-state index is 12.2. The molecule has 2 saturated heterocycles. The molecule has 1 spiro atoms. The van der Waals surface area contributed by atoms with Gasteiger partial charge in [0.15, 0.2) is 0 Å². The van der Waals surface area contributed by atoms with Crippen molar-refractivity contribution in [2.75, 3.05) is 51.9 Å². The second-order valence-corrected chi connectivity index (χ2v) is 9.43. The lowest BCUT2D eigenvalue weighted by molar-refractivity contribution is -0.134. The fraction of sp³-hybridized carbons (Fsp3) is 0.875. The summed E-state index contributed by atoms with van der Waals surface area (Å²) >= 11 is 0. The van der Waals surface area contributed by atoms with Crippen LogP contribution >= 0.6 is 0 Å². The van der Waals surface area contributed by atoms with Gasteiger partial charge >= 0.3 is 0 Å². The van der Waals surface area contributed by atoms with Gasteiger partial charge in [-0.05, 0) is 18.3 Å². The van der Waals surface area contributed by atoms with E-state index in [2.05, 4.69) is 0 Å². The van der Waals surface area contributed by atoms with Gasteiger partial charge in [-0.2, -0.15) is 0 Å². The van der Waals surface area contributed by atoms with Crippen LogP contribution in [-0.4, -0.2) is 81.9 Å². The first kappa shape index (κ1) is 19.2. The van der Waals surface area contributed by atoms with Crippen LogP contribution in [0, 0.1) is 11.3 Å². The summed E-state index contributed by atoms with van der Waals surface area (Å²) in [6.07, 6.45) is 2.85. The Labute approximate surface area is 144 Å². The summed E-state index contributed by atoms with van der Waals surface area (Å²) in [7, 11) is -1.45. The molecule has 1 atom stereocenters. The SMILES string of the molecule is COC[C@@H]1CN(C(C)=O)CC12CCN(C(=O)CCS(C)(=O)=O)CC2. The Bertz CT molecular complexity index is 581. The van der Waals surface area contributed by atoms with Crippen LogP contribution in [0.4, 0.5) is 0 Å². The molecule has 2 aliphatic rings. The van der Waals surface area contributed by atoms with Crippen molar-refractivity contribution >= 4 is 21.7 Å². The Balaban J connectivity index is 1.96. The van der Waals surface area contributed by atoms with Crippen molar-refractivity contribution in [2.24, 2.45) is 11.3 Å². The van der Waals surface area contributed by atoms with E-state index in [1.807, 2.05) is 4.90 Å². The third kappa shape index (κ3) is 4.47. The van der Waals surface area contributed by atoms with Crippen molar-refractivity contribution in [2.45, 2.75) is 26.2 Å². The molecule has 0 radical (unpaired) electrons. The van der Waals surface area contributed by atoms with Gasteiger partial charge in [0, 0.05) is 58.8 Å². The Hall–Kier alpha value is -1.15. The zero-order valence-corrected chi connectivity index (χ0v) is 15.6. The van der Waals surface area contributed by atoms with Gasteiger partial charge in [-0.15, -0.1) is 0 Å². The number of sulfone groups is 1. The van der Waals surface area contributed by atoms with Gasteiger partial charge < -0.3 is 14.5 Å². The highest BCUT2D eigenvalue weighted by Gasteiger charge is 2.49. The summed E-state index contributed by atoms with van der Waals surface area (Å²) in [5.74, 6) is 0.178. The van der Waals surface area contributed by atoms with Gasteiger partial charge in [-0.3, -0.25) is 9.59 Å². The number of amides is 2. The molecule has 2 amide bonds. The van der Waals surface area contributed by atoms with Crippen LogP contribution < -0.4 is 0 Å². The van der Waals surface area contributed by atoms with E-state index in [4.69, 9.17) is 4.74 Å². The Kier molecular flexibility index (Phi) is 5.91.